The zero-order valence-corrected chi connectivity index (χ0v) is 15.0. The van der Waals surface area contributed by atoms with E-state index in [2.05, 4.69) is 16.4 Å². The summed E-state index contributed by atoms with van der Waals surface area (Å²) in [6.45, 7) is 3.19. The number of rotatable bonds is 4. The number of nitrogens with zero attached hydrogens (tertiary/aromatic N) is 2. The first-order valence-corrected chi connectivity index (χ1v) is 8.10. The van der Waals surface area contributed by atoms with Crippen molar-refractivity contribution >= 4 is 11.6 Å². The van der Waals surface area contributed by atoms with Crippen molar-refractivity contribution in [3.05, 3.63) is 47.7 Å². The van der Waals surface area contributed by atoms with Crippen LogP contribution >= 0.6 is 0 Å². The molecule has 0 aliphatic carbocycles. The summed E-state index contributed by atoms with van der Waals surface area (Å²) in [7, 11) is 1.42. The number of nitriles is 1. The molecule has 7 nitrogen and oxygen atoms in total. The van der Waals surface area contributed by atoms with Crippen LogP contribution in [0.25, 0.3) is 22.6 Å². The SMILES string of the molecule is COc1nc(-c2ccc(NC(C)=O)cc2O)cc(-c2ccc(C)o2)c1C#N. The van der Waals surface area contributed by atoms with Crippen LogP contribution in [0.3, 0.4) is 0 Å². The summed E-state index contributed by atoms with van der Waals surface area (Å²) in [5.74, 6) is 1.02. The van der Waals surface area contributed by atoms with Crippen LogP contribution in [0.1, 0.15) is 18.2 Å². The molecule has 0 aliphatic heterocycles. The van der Waals surface area contributed by atoms with Gasteiger partial charge in [0.15, 0.2) is 0 Å². The smallest absolute Gasteiger partial charge is 0.232 e. The molecule has 2 aromatic heterocycles. The fourth-order valence-electron chi connectivity index (χ4n) is 2.72. The molecule has 0 spiro atoms. The Labute approximate surface area is 155 Å². The van der Waals surface area contributed by atoms with Crippen LogP contribution < -0.4 is 10.1 Å². The molecule has 3 aromatic rings. The number of hydrogen-bond donors (Lipinski definition) is 2. The Morgan fingerprint density at radius 2 is 2.04 bits per heavy atom. The van der Waals surface area contributed by atoms with Gasteiger partial charge in [-0.15, -0.1) is 0 Å². The normalized spacial score (nSPS) is 10.3. The van der Waals surface area contributed by atoms with E-state index in [0.29, 0.717) is 34.0 Å². The number of carbonyl (C=O) groups is 1. The van der Waals surface area contributed by atoms with Crippen molar-refractivity contribution in [2.24, 2.45) is 0 Å². The molecular formula is C20H17N3O4. The number of aromatic nitrogens is 1. The van der Waals surface area contributed by atoms with Gasteiger partial charge < -0.3 is 19.6 Å². The van der Waals surface area contributed by atoms with Crippen molar-refractivity contribution in [2.75, 3.05) is 12.4 Å². The maximum Gasteiger partial charge on any atom is 0.232 e. The molecule has 2 N–H and O–H groups in total. The van der Waals surface area contributed by atoms with E-state index in [1.165, 1.54) is 20.1 Å². The number of carbonyl (C=O) groups excluding carboxylic acids is 1. The van der Waals surface area contributed by atoms with Gasteiger partial charge in [-0.3, -0.25) is 4.79 Å². The zero-order chi connectivity index (χ0) is 19.6. The van der Waals surface area contributed by atoms with E-state index in [1.54, 1.807) is 37.3 Å². The largest absolute Gasteiger partial charge is 0.507 e. The second kappa shape index (κ2) is 7.22. The second-order valence-electron chi connectivity index (χ2n) is 5.87. The lowest BCUT2D eigenvalue weighted by Gasteiger charge is -2.12. The fraction of sp³-hybridized carbons (Fsp3) is 0.150. The average molecular weight is 363 g/mol. The number of anilines is 1. The lowest BCUT2D eigenvalue weighted by molar-refractivity contribution is -0.114. The number of amides is 1. The highest BCUT2D eigenvalue weighted by molar-refractivity contribution is 5.89. The molecule has 7 heteroatoms. The third-order valence-electron chi connectivity index (χ3n) is 3.89. The highest BCUT2D eigenvalue weighted by atomic mass is 16.5. The molecule has 3 rings (SSSR count). The number of phenols is 1. The van der Waals surface area contributed by atoms with Gasteiger partial charge in [0.25, 0.3) is 0 Å². The molecule has 0 atom stereocenters. The second-order valence-corrected chi connectivity index (χ2v) is 5.87. The third-order valence-corrected chi connectivity index (χ3v) is 3.89. The Morgan fingerprint density at radius 1 is 1.26 bits per heavy atom. The molecule has 0 fully saturated rings. The molecule has 0 unspecified atom stereocenters. The number of furan rings is 1. The minimum absolute atomic E-state index is 0.0675. The number of aromatic hydroxyl groups is 1. The van der Waals surface area contributed by atoms with Crippen LogP contribution in [0.5, 0.6) is 11.6 Å². The average Bonchev–Trinajstić information content (AvgIpc) is 3.06. The first kappa shape index (κ1) is 18.0. The van der Waals surface area contributed by atoms with E-state index in [1.807, 2.05) is 0 Å². The molecule has 27 heavy (non-hydrogen) atoms. The van der Waals surface area contributed by atoms with E-state index >= 15 is 0 Å². The molecule has 0 radical (unpaired) electrons. The van der Waals surface area contributed by atoms with Gasteiger partial charge in [0, 0.05) is 29.8 Å². The maximum atomic E-state index is 11.2. The van der Waals surface area contributed by atoms with Gasteiger partial charge in [-0.25, -0.2) is 4.98 Å². The van der Waals surface area contributed by atoms with Crippen LogP contribution in [-0.4, -0.2) is 23.1 Å². The number of methoxy groups -OCH3 is 1. The predicted octanol–water partition coefficient (Wildman–Crippen LogP) is 3.86. The van der Waals surface area contributed by atoms with Crippen molar-refractivity contribution < 1.29 is 19.1 Å². The van der Waals surface area contributed by atoms with Crippen molar-refractivity contribution in [1.29, 1.82) is 5.26 Å². The standard InChI is InChI=1S/C20H17N3O4/c1-11-4-7-19(27-11)15-9-17(23-20(26-3)16(15)10-21)14-6-5-13(8-18(14)25)22-12(2)24/h4-9,25H,1-3H3,(H,22,24). The topological polar surface area (TPSA) is 108 Å². The van der Waals surface area contributed by atoms with Crippen LogP contribution in [0.15, 0.2) is 40.8 Å². The Kier molecular flexibility index (Phi) is 4.81. The van der Waals surface area contributed by atoms with Gasteiger partial charge in [-0.1, -0.05) is 0 Å². The van der Waals surface area contributed by atoms with Gasteiger partial charge in [0.1, 0.15) is 28.9 Å². The van der Waals surface area contributed by atoms with E-state index < -0.39 is 0 Å². The highest BCUT2D eigenvalue weighted by Crippen LogP contribution is 2.37. The monoisotopic (exact) mass is 363 g/mol. The van der Waals surface area contributed by atoms with Crippen LogP contribution in [0, 0.1) is 18.3 Å². The van der Waals surface area contributed by atoms with Gasteiger partial charge in [-0.2, -0.15) is 5.26 Å². The number of hydrogen-bond acceptors (Lipinski definition) is 6. The minimum Gasteiger partial charge on any atom is -0.507 e. The highest BCUT2D eigenvalue weighted by Gasteiger charge is 2.19. The van der Waals surface area contributed by atoms with Crippen molar-refractivity contribution in [2.45, 2.75) is 13.8 Å². The summed E-state index contributed by atoms with van der Waals surface area (Å²) < 4.78 is 10.9. The quantitative estimate of drug-likeness (QED) is 0.728. The van der Waals surface area contributed by atoms with E-state index in [9.17, 15) is 15.2 Å². The summed E-state index contributed by atoms with van der Waals surface area (Å²) in [4.78, 5) is 15.5. The molecule has 0 bridgehead atoms. The number of aryl methyl sites for hydroxylation is 1. The van der Waals surface area contributed by atoms with E-state index in [-0.39, 0.29) is 23.1 Å². The zero-order valence-electron chi connectivity index (χ0n) is 15.0. The van der Waals surface area contributed by atoms with E-state index in [4.69, 9.17) is 9.15 Å². The lowest BCUT2D eigenvalue weighted by Crippen LogP contribution is -2.05. The van der Waals surface area contributed by atoms with Crippen LogP contribution in [0.2, 0.25) is 0 Å². The summed E-state index contributed by atoms with van der Waals surface area (Å²) in [5.41, 5.74) is 2.05. The Hall–Kier alpha value is -3.79. The predicted molar refractivity (Wildman–Crippen MR) is 99.3 cm³/mol. The molecule has 1 amide bonds. The number of nitrogens with one attached hydrogen (secondary N) is 1. The molecule has 1 aromatic carbocycles. The number of benzene rings is 1. The molecule has 0 saturated carbocycles. The lowest BCUT2D eigenvalue weighted by atomic mass is 10.0. The maximum absolute atomic E-state index is 11.2. The molecule has 136 valence electrons. The fourth-order valence-corrected chi connectivity index (χ4v) is 2.72. The number of phenolic OH excluding ortho intramolecular Hbond substituents is 1. The molecule has 2 heterocycles. The Bertz CT molecular complexity index is 1060. The Morgan fingerprint density at radius 3 is 2.59 bits per heavy atom. The number of pyridine rings is 1. The van der Waals surface area contributed by atoms with Crippen molar-refractivity contribution in [1.82, 2.24) is 4.98 Å². The molecular weight excluding hydrogens is 346 g/mol. The van der Waals surface area contributed by atoms with Gasteiger partial charge in [-0.05, 0) is 37.3 Å². The summed E-state index contributed by atoms with van der Waals surface area (Å²) >= 11 is 0. The Balaban J connectivity index is 2.17. The van der Waals surface area contributed by atoms with E-state index in [0.717, 1.165) is 0 Å². The van der Waals surface area contributed by atoms with Gasteiger partial charge in [0.05, 0.1) is 12.8 Å². The van der Waals surface area contributed by atoms with Crippen LogP contribution in [0.4, 0.5) is 5.69 Å². The third kappa shape index (κ3) is 3.60. The summed E-state index contributed by atoms with van der Waals surface area (Å²) in [6.07, 6.45) is 0. The van der Waals surface area contributed by atoms with Gasteiger partial charge in [0.2, 0.25) is 11.8 Å². The summed E-state index contributed by atoms with van der Waals surface area (Å²) in [6, 6.07) is 12.0. The first-order valence-electron chi connectivity index (χ1n) is 8.10. The van der Waals surface area contributed by atoms with Crippen molar-refractivity contribution in [3.8, 4) is 40.3 Å². The van der Waals surface area contributed by atoms with Crippen molar-refractivity contribution in [3.63, 3.8) is 0 Å². The van der Waals surface area contributed by atoms with Gasteiger partial charge >= 0.3 is 0 Å². The molecule has 0 aliphatic rings. The van der Waals surface area contributed by atoms with Crippen LogP contribution in [-0.2, 0) is 4.79 Å². The first-order chi connectivity index (χ1) is 12.9. The minimum atomic E-state index is -0.240. The molecule has 0 saturated heterocycles. The number of ether oxygens (including phenoxy) is 1. The summed E-state index contributed by atoms with van der Waals surface area (Å²) in [5, 5.41) is 22.5.